The lowest BCUT2D eigenvalue weighted by molar-refractivity contribution is -0.116. The van der Waals surface area contributed by atoms with Crippen molar-refractivity contribution in [3.8, 4) is 6.07 Å². The first-order valence-electron chi connectivity index (χ1n) is 11.3. The Kier molecular flexibility index (Phi) is 6.46. The zero-order valence-electron chi connectivity index (χ0n) is 18.1. The van der Waals surface area contributed by atoms with Gasteiger partial charge in [-0.05, 0) is 43.4 Å². The van der Waals surface area contributed by atoms with E-state index in [2.05, 4.69) is 16.3 Å². The Bertz CT molecular complexity index is 1170. The fourth-order valence-electron chi connectivity index (χ4n) is 4.96. The highest BCUT2D eigenvalue weighted by Crippen LogP contribution is 2.47. The van der Waals surface area contributed by atoms with Crippen LogP contribution in [-0.2, 0) is 4.79 Å². The van der Waals surface area contributed by atoms with Crippen LogP contribution in [0.25, 0.3) is 0 Å². The summed E-state index contributed by atoms with van der Waals surface area (Å²) in [6.07, 6.45) is 8.17. The SMILES string of the molecule is N#CC1=C(N)N(c2nnc(SC3CCCCC3)s2)C2=C(C(=O)CCC2)C1c1ccc(Cl)cc1. The molecule has 2 aromatic rings. The van der Waals surface area contributed by atoms with E-state index in [0.717, 1.165) is 22.0 Å². The summed E-state index contributed by atoms with van der Waals surface area (Å²) in [5.74, 6) is -0.102. The molecule has 0 radical (unpaired) electrons. The topological polar surface area (TPSA) is 95.9 Å². The van der Waals surface area contributed by atoms with Crippen LogP contribution in [0, 0.1) is 11.3 Å². The summed E-state index contributed by atoms with van der Waals surface area (Å²) in [6.45, 7) is 0. The monoisotopic (exact) mass is 497 g/mol. The summed E-state index contributed by atoms with van der Waals surface area (Å²) < 4.78 is 0.910. The number of hydrogen-bond acceptors (Lipinski definition) is 8. The highest BCUT2D eigenvalue weighted by atomic mass is 35.5. The third kappa shape index (κ3) is 4.30. The Morgan fingerprint density at radius 2 is 1.88 bits per heavy atom. The van der Waals surface area contributed by atoms with Crippen molar-refractivity contribution in [1.82, 2.24) is 10.2 Å². The van der Waals surface area contributed by atoms with Gasteiger partial charge in [0.2, 0.25) is 5.13 Å². The first kappa shape index (κ1) is 22.5. The van der Waals surface area contributed by atoms with Gasteiger partial charge in [-0.15, -0.1) is 10.2 Å². The molecule has 1 aromatic heterocycles. The van der Waals surface area contributed by atoms with Crippen molar-refractivity contribution in [1.29, 1.82) is 5.26 Å². The number of halogens is 1. The molecule has 1 aromatic carbocycles. The maximum Gasteiger partial charge on any atom is 0.219 e. The summed E-state index contributed by atoms with van der Waals surface area (Å²) in [7, 11) is 0. The number of nitrogens with two attached hydrogens (primary N) is 1. The molecule has 6 nitrogen and oxygen atoms in total. The van der Waals surface area contributed by atoms with Crippen molar-refractivity contribution in [2.45, 2.75) is 66.9 Å². The highest BCUT2D eigenvalue weighted by molar-refractivity contribution is 8.01. The smallest absolute Gasteiger partial charge is 0.219 e. The molecule has 3 aliphatic rings. The van der Waals surface area contributed by atoms with Crippen molar-refractivity contribution in [3.05, 3.63) is 57.5 Å². The predicted molar refractivity (Wildman–Crippen MR) is 132 cm³/mol. The molecule has 1 unspecified atom stereocenters. The number of ketones is 1. The van der Waals surface area contributed by atoms with E-state index in [4.69, 9.17) is 17.3 Å². The number of Topliss-reactive ketones (excluding diaryl/α,β-unsaturated/α-hetero) is 1. The van der Waals surface area contributed by atoms with Crippen LogP contribution in [0.1, 0.15) is 62.8 Å². The standard InChI is InChI=1S/C24H24ClN5OS2/c25-15-11-9-14(10-12-15)20-17(13-26)22(27)30(18-7-4-8-19(31)21(18)20)23-28-29-24(33-23)32-16-5-2-1-3-6-16/h9-12,16,20H,1-8,27H2. The molecule has 170 valence electrons. The summed E-state index contributed by atoms with van der Waals surface area (Å²) >= 11 is 9.36. The maximum absolute atomic E-state index is 13.2. The van der Waals surface area contributed by atoms with Crippen LogP contribution in [0.4, 0.5) is 5.13 Å². The third-order valence-electron chi connectivity index (χ3n) is 6.52. The van der Waals surface area contributed by atoms with Crippen molar-refractivity contribution in [2.24, 2.45) is 5.73 Å². The van der Waals surface area contributed by atoms with Gasteiger partial charge in [-0.3, -0.25) is 9.69 Å². The highest BCUT2D eigenvalue weighted by Gasteiger charge is 2.41. The summed E-state index contributed by atoms with van der Waals surface area (Å²) in [6, 6.07) is 9.58. The number of allylic oxidation sites excluding steroid dienone is 3. The van der Waals surface area contributed by atoms with Gasteiger partial charge in [0.1, 0.15) is 5.82 Å². The Morgan fingerprint density at radius 1 is 1.12 bits per heavy atom. The molecule has 2 N–H and O–H groups in total. The third-order valence-corrected chi connectivity index (χ3v) is 9.11. The second-order valence-corrected chi connectivity index (χ2v) is 11.5. The molecule has 2 heterocycles. The molecule has 0 spiro atoms. The minimum atomic E-state index is -0.490. The van der Waals surface area contributed by atoms with E-state index < -0.39 is 5.92 Å². The summed E-state index contributed by atoms with van der Waals surface area (Å²) in [5.41, 5.74) is 9.30. The van der Waals surface area contributed by atoms with E-state index in [9.17, 15) is 10.1 Å². The fourth-order valence-corrected chi connectivity index (χ4v) is 7.47. The number of anilines is 1. The Morgan fingerprint density at radius 3 is 2.61 bits per heavy atom. The second kappa shape index (κ2) is 9.49. The molecule has 0 bridgehead atoms. The van der Waals surface area contributed by atoms with Crippen molar-refractivity contribution in [2.75, 3.05) is 4.90 Å². The lowest BCUT2D eigenvalue weighted by Gasteiger charge is -2.38. The van der Waals surface area contributed by atoms with E-state index in [-0.39, 0.29) is 5.78 Å². The molecule has 1 atom stereocenters. The number of carbonyl (C=O) groups excluding carboxylic acids is 1. The number of hydrogen-bond donors (Lipinski definition) is 1. The van der Waals surface area contributed by atoms with Crippen LogP contribution in [-0.4, -0.2) is 21.2 Å². The molecule has 9 heteroatoms. The molecule has 1 fully saturated rings. The van der Waals surface area contributed by atoms with Crippen LogP contribution in [0.2, 0.25) is 5.02 Å². The number of rotatable bonds is 4. The van der Waals surface area contributed by atoms with Gasteiger partial charge in [0.05, 0.1) is 17.6 Å². The quantitative estimate of drug-likeness (QED) is 0.559. The van der Waals surface area contributed by atoms with Crippen LogP contribution in [0.5, 0.6) is 0 Å². The van der Waals surface area contributed by atoms with Gasteiger partial charge in [0.15, 0.2) is 10.1 Å². The number of benzene rings is 1. The number of thioether (sulfide) groups is 1. The zero-order chi connectivity index (χ0) is 22.9. The average molecular weight is 498 g/mol. The van der Waals surface area contributed by atoms with Gasteiger partial charge in [0.25, 0.3) is 0 Å². The van der Waals surface area contributed by atoms with Crippen molar-refractivity contribution >= 4 is 45.6 Å². The molecular weight excluding hydrogens is 474 g/mol. The van der Waals surface area contributed by atoms with Crippen molar-refractivity contribution < 1.29 is 4.79 Å². The lowest BCUT2D eigenvalue weighted by Crippen LogP contribution is -2.38. The summed E-state index contributed by atoms with van der Waals surface area (Å²) in [5, 5.41) is 20.8. The summed E-state index contributed by atoms with van der Waals surface area (Å²) in [4.78, 5) is 15.0. The zero-order valence-corrected chi connectivity index (χ0v) is 20.5. The molecule has 2 aliphatic carbocycles. The number of carbonyl (C=O) groups is 1. The Hall–Kier alpha value is -2.34. The molecule has 0 amide bonds. The van der Waals surface area contributed by atoms with E-state index in [1.165, 1.54) is 43.4 Å². The minimum Gasteiger partial charge on any atom is -0.384 e. The van der Waals surface area contributed by atoms with Crippen LogP contribution in [0.3, 0.4) is 0 Å². The van der Waals surface area contributed by atoms with E-state index >= 15 is 0 Å². The molecule has 5 rings (SSSR count). The number of nitriles is 1. The average Bonchev–Trinajstić information content (AvgIpc) is 3.27. The molecular formula is C24H24ClN5OS2. The van der Waals surface area contributed by atoms with Crippen molar-refractivity contribution in [3.63, 3.8) is 0 Å². The van der Waals surface area contributed by atoms with E-state index in [1.807, 2.05) is 12.1 Å². The maximum atomic E-state index is 13.2. The minimum absolute atomic E-state index is 0.0581. The van der Waals surface area contributed by atoms with Gasteiger partial charge in [-0.25, -0.2) is 0 Å². The normalized spacial score (nSPS) is 21.9. The number of nitrogens with zero attached hydrogens (tertiary/aromatic N) is 4. The molecule has 1 aliphatic heterocycles. The largest absolute Gasteiger partial charge is 0.384 e. The lowest BCUT2D eigenvalue weighted by atomic mass is 9.76. The second-order valence-electron chi connectivity index (χ2n) is 8.60. The molecule has 1 saturated carbocycles. The number of aromatic nitrogens is 2. The van der Waals surface area contributed by atoms with Gasteiger partial charge in [-0.1, -0.05) is 66.1 Å². The van der Waals surface area contributed by atoms with Gasteiger partial charge in [-0.2, -0.15) is 5.26 Å². The van der Waals surface area contributed by atoms with Crippen LogP contribution in [0.15, 0.2) is 51.3 Å². The Balaban J connectivity index is 1.56. The first-order valence-corrected chi connectivity index (χ1v) is 13.4. The predicted octanol–water partition coefficient (Wildman–Crippen LogP) is 5.92. The molecule has 0 saturated heterocycles. The van der Waals surface area contributed by atoms with Crippen LogP contribution >= 0.6 is 34.7 Å². The van der Waals surface area contributed by atoms with Crippen LogP contribution < -0.4 is 10.6 Å². The van der Waals surface area contributed by atoms with E-state index in [1.54, 1.807) is 28.8 Å². The first-order chi connectivity index (χ1) is 16.1. The van der Waals surface area contributed by atoms with Gasteiger partial charge >= 0.3 is 0 Å². The van der Waals surface area contributed by atoms with E-state index in [0.29, 0.717) is 45.2 Å². The molecule has 33 heavy (non-hydrogen) atoms. The van der Waals surface area contributed by atoms with Gasteiger partial charge < -0.3 is 5.73 Å². The van der Waals surface area contributed by atoms with Gasteiger partial charge in [0, 0.05) is 28.0 Å². The fraction of sp³-hybridized carbons (Fsp3) is 0.417. The Labute approximate surface area is 206 Å².